The van der Waals surface area contributed by atoms with E-state index in [1.54, 1.807) is 19.9 Å². The summed E-state index contributed by atoms with van der Waals surface area (Å²) in [7, 11) is -3.49. The highest BCUT2D eigenvalue weighted by atomic mass is 32.2. The van der Waals surface area contributed by atoms with Gasteiger partial charge >= 0.3 is 5.97 Å². The fraction of sp³-hybridized carbons (Fsp3) is 0.579. The fourth-order valence-corrected chi connectivity index (χ4v) is 4.25. The first kappa shape index (κ1) is 21.4. The number of ether oxygens (including phenoxy) is 1. The number of aryl methyl sites for hydroxylation is 1. The maximum Gasteiger partial charge on any atom is 0.330 e. The molecule has 1 amide bonds. The Morgan fingerprint density at radius 1 is 1.30 bits per heavy atom. The number of benzene rings is 1. The van der Waals surface area contributed by atoms with Crippen molar-refractivity contribution in [2.45, 2.75) is 57.1 Å². The number of amides is 1. The first-order chi connectivity index (χ1) is 12.4. The zero-order chi connectivity index (χ0) is 20.6. The van der Waals surface area contributed by atoms with Crippen LogP contribution in [0.5, 0.6) is 0 Å². The molecule has 2 atom stereocenters. The number of carboxylic acids is 1. The molecule has 2 unspecified atom stereocenters. The number of hydrogen-bond donors (Lipinski definition) is 2. The fourth-order valence-electron chi connectivity index (χ4n) is 3.60. The lowest BCUT2D eigenvalue weighted by Crippen LogP contribution is -2.76. The highest BCUT2D eigenvalue weighted by Crippen LogP contribution is 2.51. The molecule has 8 heteroatoms. The quantitative estimate of drug-likeness (QED) is 0.729. The van der Waals surface area contributed by atoms with Crippen molar-refractivity contribution in [3.8, 4) is 0 Å². The van der Waals surface area contributed by atoms with Gasteiger partial charge in [-0.3, -0.25) is 4.79 Å². The second-order valence-corrected chi connectivity index (χ2v) is 9.49. The van der Waals surface area contributed by atoms with Crippen molar-refractivity contribution < 1.29 is 27.9 Å². The Balaban J connectivity index is 2.42. The van der Waals surface area contributed by atoms with Crippen molar-refractivity contribution in [1.82, 2.24) is 5.32 Å². The van der Waals surface area contributed by atoms with Crippen molar-refractivity contribution >= 4 is 21.7 Å². The molecule has 0 spiro atoms. The van der Waals surface area contributed by atoms with Gasteiger partial charge in [0, 0.05) is 30.3 Å². The van der Waals surface area contributed by atoms with Crippen molar-refractivity contribution in [3.05, 3.63) is 29.3 Å². The summed E-state index contributed by atoms with van der Waals surface area (Å²) >= 11 is 0. The van der Waals surface area contributed by atoms with Gasteiger partial charge in [0.15, 0.2) is 9.84 Å². The number of nitrogens with one attached hydrogen (secondary N) is 1. The lowest BCUT2D eigenvalue weighted by Gasteiger charge is -2.58. The minimum Gasteiger partial charge on any atom is -0.479 e. The number of carbonyl (C=O) groups excluding carboxylic acids is 1. The molecule has 7 nitrogen and oxygen atoms in total. The van der Waals surface area contributed by atoms with Crippen LogP contribution in [0.15, 0.2) is 23.1 Å². The first-order valence-corrected chi connectivity index (χ1v) is 10.8. The summed E-state index contributed by atoms with van der Waals surface area (Å²) in [5.74, 6) is -1.73. The lowest BCUT2D eigenvalue weighted by atomic mass is 9.54. The van der Waals surface area contributed by atoms with E-state index in [1.165, 1.54) is 12.1 Å². The predicted octanol–water partition coefficient (Wildman–Crippen LogP) is 2.04. The van der Waals surface area contributed by atoms with E-state index in [1.807, 2.05) is 13.8 Å². The lowest BCUT2D eigenvalue weighted by molar-refractivity contribution is -0.190. The number of carboxylic acid groups (broad SMARTS) is 1. The summed E-state index contributed by atoms with van der Waals surface area (Å²) in [5.41, 5.74) is -1.46. The number of carbonyl (C=O) groups is 2. The third-order valence-electron chi connectivity index (χ3n) is 5.59. The van der Waals surface area contributed by atoms with Gasteiger partial charge in [0.2, 0.25) is 0 Å². The molecular formula is C19H27NO6S. The molecule has 1 fully saturated rings. The van der Waals surface area contributed by atoms with Gasteiger partial charge in [-0.15, -0.1) is 0 Å². The van der Waals surface area contributed by atoms with Gasteiger partial charge in [-0.05, 0) is 31.0 Å². The summed E-state index contributed by atoms with van der Waals surface area (Å²) in [6.07, 6.45) is 1.45. The molecule has 1 aliphatic carbocycles. The summed E-state index contributed by atoms with van der Waals surface area (Å²) in [4.78, 5) is 25.0. The molecule has 0 radical (unpaired) electrons. The van der Waals surface area contributed by atoms with Gasteiger partial charge in [0.1, 0.15) is 5.54 Å². The van der Waals surface area contributed by atoms with E-state index in [0.29, 0.717) is 18.6 Å². The highest BCUT2D eigenvalue weighted by Gasteiger charge is 2.66. The molecule has 1 aromatic carbocycles. The summed E-state index contributed by atoms with van der Waals surface area (Å²) < 4.78 is 29.3. The van der Waals surface area contributed by atoms with E-state index in [2.05, 4.69) is 5.32 Å². The van der Waals surface area contributed by atoms with Gasteiger partial charge < -0.3 is 15.2 Å². The Morgan fingerprint density at radius 3 is 2.37 bits per heavy atom. The Hall–Kier alpha value is -1.93. The Kier molecular flexibility index (Phi) is 5.73. The normalized spacial score (nSPS) is 24.1. The third kappa shape index (κ3) is 3.60. The number of aliphatic carboxylic acids is 1. The standard InChI is InChI=1S/C19H27NO6S/c1-6-12-8-9-13(27(5,24)25)10-14(12)16(21)20-19(17(22)23)11-15(26-7-2)18(19,3)4/h8-10,15H,6-7,11H2,1-5H3,(H,20,21)(H,22,23). The zero-order valence-electron chi connectivity index (χ0n) is 16.3. The average Bonchev–Trinajstić information content (AvgIpc) is 2.58. The topological polar surface area (TPSA) is 110 Å². The molecule has 1 aliphatic rings. The number of sulfone groups is 1. The van der Waals surface area contributed by atoms with Crippen molar-refractivity contribution in [2.24, 2.45) is 5.41 Å². The Bertz CT molecular complexity index is 861. The summed E-state index contributed by atoms with van der Waals surface area (Å²) in [5, 5.41) is 12.5. The van der Waals surface area contributed by atoms with Crippen LogP contribution in [0.4, 0.5) is 0 Å². The Labute approximate surface area is 160 Å². The molecule has 0 aromatic heterocycles. The molecule has 27 heavy (non-hydrogen) atoms. The average molecular weight is 397 g/mol. The zero-order valence-corrected chi connectivity index (χ0v) is 17.1. The number of rotatable bonds is 7. The molecule has 0 aliphatic heterocycles. The largest absolute Gasteiger partial charge is 0.479 e. The van der Waals surface area contributed by atoms with Crippen LogP contribution in [0.1, 0.15) is 50.0 Å². The van der Waals surface area contributed by atoms with E-state index in [9.17, 15) is 23.1 Å². The SMILES string of the molecule is CCOC1CC(NC(=O)c2cc(S(C)(=O)=O)ccc2CC)(C(=O)O)C1(C)C. The minimum absolute atomic E-state index is 0.0225. The maximum absolute atomic E-state index is 13.0. The van der Waals surface area contributed by atoms with Crippen molar-refractivity contribution in [2.75, 3.05) is 12.9 Å². The van der Waals surface area contributed by atoms with Gasteiger partial charge in [0.05, 0.1) is 11.0 Å². The maximum atomic E-state index is 13.0. The van der Waals surface area contributed by atoms with Gasteiger partial charge in [-0.1, -0.05) is 26.8 Å². The Morgan fingerprint density at radius 2 is 1.93 bits per heavy atom. The third-order valence-corrected chi connectivity index (χ3v) is 6.70. The summed E-state index contributed by atoms with van der Waals surface area (Å²) in [6, 6.07) is 4.36. The van der Waals surface area contributed by atoms with E-state index in [0.717, 1.165) is 6.26 Å². The van der Waals surface area contributed by atoms with Crippen molar-refractivity contribution in [3.63, 3.8) is 0 Å². The van der Waals surface area contributed by atoms with Crippen LogP contribution in [0.2, 0.25) is 0 Å². The van der Waals surface area contributed by atoms with Crippen LogP contribution in [0.3, 0.4) is 0 Å². The highest BCUT2D eigenvalue weighted by molar-refractivity contribution is 7.90. The number of hydrogen-bond acceptors (Lipinski definition) is 5. The van der Waals surface area contributed by atoms with Crippen LogP contribution in [0.25, 0.3) is 0 Å². The molecule has 2 N–H and O–H groups in total. The smallest absolute Gasteiger partial charge is 0.330 e. The van der Waals surface area contributed by atoms with Crippen LogP contribution < -0.4 is 5.32 Å². The molecule has 0 saturated heterocycles. The van der Waals surface area contributed by atoms with Crippen LogP contribution in [-0.4, -0.2) is 49.9 Å². The first-order valence-electron chi connectivity index (χ1n) is 8.91. The van der Waals surface area contributed by atoms with Crippen LogP contribution in [-0.2, 0) is 25.8 Å². The second kappa shape index (κ2) is 7.24. The monoisotopic (exact) mass is 397 g/mol. The summed E-state index contributed by atoms with van der Waals surface area (Å²) in [6.45, 7) is 7.63. The van der Waals surface area contributed by atoms with Crippen LogP contribution in [0, 0.1) is 5.41 Å². The molecule has 0 bridgehead atoms. The predicted molar refractivity (Wildman–Crippen MR) is 101 cm³/mol. The van der Waals surface area contributed by atoms with E-state index >= 15 is 0 Å². The van der Waals surface area contributed by atoms with Gasteiger partial charge in [-0.2, -0.15) is 0 Å². The van der Waals surface area contributed by atoms with Gasteiger partial charge in [-0.25, -0.2) is 13.2 Å². The molecule has 0 heterocycles. The molecule has 150 valence electrons. The van der Waals surface area contributed by atoms with E-state index in [4.69, 9.17) is 4.74 Å². The molecule has 1 saturated carbocycles. The van der Waals surface area contributed by atoms with E-state index < -0.39 is 32.7 Å². The van der Waals surface area contributed by atoms with E-state index in [-0.39, 0.29) is 23.0 Å². The van der Waals surface area contributed by atoms with Gasteiger partial charge in [0.25, 0.3) is 5.91 Å². The molecule has 2 rings (SSSR count). The molecule has 1 aromatic rings. The molecular weight excluding hydrogens is 370 g/mol. The minimum atomic E-state index is -3.49. The second-order valence-electron chi connectivity index (χ2n) is 7.48. The van der Waals surface area contributed by atoms with Crippen LogP contribution >= 0.6 is 0 Å². The van der Waals surface area contributed by atoms with Crippen molar-refractivity contribution in [1.29, 1.82) is 0 Å².